The van der Waals surface area contributed by atoms with Crippen LogP contribution < -0.4 is 5.43 Å². The lowest BCUT2D eigenvalue weighted by molar-refractivity contribution is 0.379. The summed E-state index contributed by atoms with van der Waals surface area (Å²) in [6.45, 7) is 1.000. The molecule has 0 atom stereocenters. The molecule has 2 aliphatic rings. The Labute approximate surface area is 61.2 Å². The van der Waals surface area contributed by atoms with Gasteiger partial charge in [0.15, 0.2) is 0 Å². The highest BCUT2D eigenvalue weighted by molar-refractivity contribution is 5.11. The number of nitrogens with one attached hydrogen (secondary N) is 1. The molecule has 54 valence electrons. The number of hydrogen-bond donors (Lipinski definition) is 1. The molecule has 2 nitrogen and oxygen atoms in total. The number of hydrazine groups is 1. The van der Waals surface area contributed by atoms with Crippen molar-refractivity contribution in [2.45, 2.75) is 19.3 Å². The lowest BCUT2D eigenvalue weighted by Gasteiger charge is -2.14. The summed E-state index contributed by atoms with van der Waals surface area (Å²) in [6.07, 6.45) is 10.3. The van der Waals surface area contributed by atoms with Crippen LogP contribution in [0.5, 0.6) is 0 Å². The maximum absolute atomic E-state index is 3.25. The van der Waals surface area contributed by atoms with E-state index in [0.29, 0.717) is 0 Å². The molecule has 0 aromatic carbocycles. The monoisotopic (exact) mass is 136 g/mol. The van der Waals surface area contributed by atoms with Crippen LogP contribution >= 0.6 is 0 Å². The molecule has 0 spiro atoms. The van der Waals surface area contributed by atoms with Gasteiger partial charge in [0.05, 0.1) is 0 Å². The Morgan fingerprint density at radius 1 is 1.50 bits per heavy atom. The smallest absolute Gasteiger partial charge is 0.0355 e. The van der Waals surface area contributed by atoms with Gasteiger partial charge in [-0.15, -0.1) is 0 Å². The molecule has 2 aliphatic heterocycles. The summed E-state index contributed by atoms with van der Waals surface area (Å²) in [7, 11) is 0. The molecule has 0 aromatic rings. The average molecular weight is 136 g/mol. The van der Waals surface area contributed by atoms with Crippen LogP contribution in [0.4, 0.5) is 0 Å². The van der Waals surface area contributed by atoms with E-state index in [9.17, 15) is 0 Å². The Bertz CT molecular complexity index is 182. The van der Waals surface area contributed by atoms with Crippen molar-refractivity contribution in [1.82, 2.24) is 10.4 Å². The number of fused-ring (bicyclic) bond motifs is 1. The first-order valence-corrected chi connectivity index (χ1v) is 3.85. The summed E-state index contributed by atoms with van der Waals surface area (Å²) in [4.78, 5) is 0. The third-order valence-electron chi connectivity index (χ3n) is 1.97. The van der Waals surface area contributed by atoms with Gasteiger partial charge in [0.1, 0.15) is 0 Å². The molecule has 0 aliphatic carbocycles. The molecule has 0 saturated carbocycles. The standard InChI is InChI=1S/C8H12N2/c1-2-4-8-5-6-9-10(8)7-3-1/h3,5,7,9H,1-2,4,6H2. The van der Waals surface area contributed by atoms with Gasteiger partial charge in [-0.2, -0.15) is 0 Å². The van der Waals surface area contributed by atoms with Gasteiger partial charge in [0.2, 0.25) is 0 Å². The predicted molar refractivity (Wildman–Crippen MR) is 40.9 cm³/mol. The van der Waals surface area contributed by atoms with Crippen molar-refractivity contribution in [3.8, 4) is 0 Å². The van der Waals surface area contributed by atoms with Gasteiger partial charge in [-0.3, -0.25) is 5.01 Å². The molecule has 0 aromatic heterocycles. The first kappa shape index (κ1) is 5.98. The second-order valence-corrected chi connectivity index (χ2v) is 2.70. The molecule has 2 heterocycles. The number of nitrogens with zero attached hydrogens (tertiary/aromatic N) is 1. The van der Waals surface area contributed by atoms with Crippen molar-refractivity contribution < 1.29 is 0 Å². The minimum Gasteiger partial charge on any atom is -0.289 e. The van der Waals surface area contributed by atoms with Crippen LogP contribution in [-0.4, -0.2) is 11.6 Å². The minimum atomic E-state index is 1.000. The Morgan fingerprint density at radius 3 is 3.50 bits per heavy atom. The van der Waals surface area contributed by atoms with Crippen molar-refractivity contribution in [2.75, 3.05) is 6.54 Å². The van der Waals surface area contributed by atoms with Gasteiger partial charge in [0, 0.05) is 18.4 Å². The topological polar surface area (TPSA) is 15.3 Å². The summed E-state index contributed by atoms with van der Waals surface area (Å²) >= 11 is 0. The third-order valence-corrected chi connectivity index (χ3v) is 1.97. The van der Waals surface area contributed by atoms with Crippen molar-refractivity contribution in [2.24, 2.45) is 0 Å². The van der Waals surface area contributed by atoms with E-state index in [4.69, 9.17) is 0 Å². The van der Waals surface area contributed by atoms with E-state index >= 15 is 0 Å². The van der Waals surface area contributed by atoms with E-state index in [0.717, 1.165) is 6.54 Å². The molecule has 0 saturated heterocycles. The van der Waals surface area contributed by atoms with Crippen molar-refractivity contribution in [3.63, 3.8) is 0 Å². The quantitative estimate of drug-likeness (QED) is 0.541. The van der Waals surface area contributed by atoms with Crippen LogP contribution in [0.1, 0.15) is 19.3 Å². The number of rotatable bonds is 0. The van der Waals surface area contributed by atoms with E-state index < -0.39 is 0 Å². The van der Waals surface area contributed by atoms with E-state index in [2.05, 4.69) is 28.8 Å². The Morgan fingerprint density at radius 2 is 2.50 bits per heavy atom. The van der Waals surface area contributed by atoms with Crippen LogP contribution in [0.3, 0.4) is 0 Å². The minimum absolute atomic E-state index is 1.000. The SMILES string of the molecule is C1=CN2NCC=C2CCC1. The Balaban J connectivity index is 2.16. The number of allylic oxidation sites excluding steroid dienone is 2. The highest BCUT2D eigenvalue weighted by Gasteiger charge is 2.12. The maximum Gasteiger partial charge on any atom is 0.0355 e. The molecule has 2 rings (SSSR count). The summed E-state index contributed by atoms with van der Waals surface area (Å²) in [5.74, 6) is 0. The summed E-state index contributed by atoms with van der Waals surface area (Å²) in [5, 5.41) is 2.13. The molecule has 10 heavy (non-hydrogen) atoms. The van der Waals surface area contributed by atoms with Crippen molar-refractivity contribution >= 4 is 0 Å². The normalized spacial score (nSPS) is 24.0. The second kappa shape index (κ2) is 2.46. The molecular weight excluding hydrogens is 124 g/mol. The van der Waals surface area contributed by atoms with Crippen LogP contribution in [0.25, 0.3) is 0 Å². The van der Waals surface area contributed by atoms with E-state index in [1.807, 2.05) is 0 Å². The summed E-state index contributed by atoms with van der Waals surface area (Å²) in [5.41, 5.74) is 4.69. The zero-order valence-corrected chi connectivity index (χ0v) is 6.01. The lowest BCUT2D eigenvalue weighted by atomic mass is 10.2. The molecule has 2 heteroatoms. The van der Waals surface area contributed by atoms with Gasteiger partial charge in [-0.05, 0) is 25.3 Å². The fourth-order valence-electron chi connectivity index (χ4n) is 1.41. The lowest BCUT2D eigenvalue weighted by Crippen LogP contribution is -2.25. The van der Waals surface area contributed by atoms with E-state index in [1.165, 1.54) is 25.0 Å². The molecule has 0 bridgehead atoms. The first-order chi connectivity index (χ1) is 4.97. The second-order valence-electron chi connectivity index (χ2n) is 2.70. The van der Waals surface area contributed by atoms with Crippen molar-refractivity contribution in [3.05, 3.63) is 24.0 Å². The fraction of sp³-hybridized carbons (Fsp3) is 0.500. The molecule has 1 N–H and O–H groups in total. The molecular formula is C8H12N2. The van der Waals surface area contributed by atoms with Crippen molar-refractivity contribution in [1.29, 1.82) is 0 Å². The van der Waals surface area contributed by atoms with E-state index in [-0.39, 0.29) is 0 Å². The average Bonchev–Trinajstić information content (AvgIpc) is 2.28. The molecule has 0 radical (unpaired) electrons. The Hall–Kier alpha value is -0.760. The first-order valence-electron chi connectivity index (χ1n) is 3.85. The van der Waals surface area contributed by atoms with Gasteiger partial charge in [0.25, 0.3) is 0 Å². The van der Waals surface area contributed by atoms with Gasteiger partial charge in [-0.1, -0.05) is 6.08 Å². The molecule has 0 fully saturated rings. The van der Waals surface area contributed by atoms with E-state index in [1.54, 1.807) is 0 Å². The largest absolute Gasteiger partial charge is 0.289 e. The van der Waals surface area contributed by atoms with Crippen LogP contribution in [0.2, 0.25) is 0 Å². The third kappa shape index (κ3) is 0.948. The number of hydrogen-bond acceptors (Lipinski definition) is 2. The zero-order chi connectivity index (χ0) is 6.81. The van der Waals surface area contributed by atoms with Crippen LogP contribution in [0.15, 0.2) is 24.0 Å². The summed E-state index contributed by atoms with van der Waals surface area (Å²) in [6, 6.07) is 0. The highest BCUT2D eigenvalue weighted by Crippen LogP contribution is 2.18. The van der Waals surface area contributed by atoms with Crippen LogP contribution in [0, 0.1) is 0 Å². The zero-order valence-electron chi connectivity index (χ0n) is 6.01. The fourth-order valence-corrected chi connectivity index (χ4v) is 1.41. The Kier molecular flexibility index (Phi) is 1.47. The molecule has 0 unspecified atom stereocenters. The van der Waals surface area contributed by atoms with Crippen LogP contribution in [-0.2, 0) is 0 Å². The predicted octanol–water partition coefficient (Wildman–Crippen LogP) is 1.39. The molecule has 0 amide bonds. The van der Waals surface area contributed by atoms with Gasteiger partial charge >= 0.3 is 0 Å². The summed E-state index contributed by atoms with van der Waals surface area (Å²) < 4.78 is 0. The highest BCUT2D eigenvalue weighted by atomic mass is 15.5. The van der Waals surface area contributed by atoms with Gasteiger partial charge in [-0.25, -0.2) is 5.43 Å². The van der Waals surface area contributed by atoms with Gasteiger partial charge < -0.3 is 0 Å². The maximum atomic E-state index is 3.25.